The Morgan fingerprint density at radius 3 is 2.79 bits per heavy atom. The van der Waals surface area contributed by atoms with E-state index in [9.17, 15) is 0 Å². The van der Waals surface area contributed by atoms with Crippen LogP contribution in [0.15, 0.2) is 0 Å². The number of aryl methyl sites for hydroxylation is 4. The van der Waals surface area contributed by atoms with Gasteiger partial charge in [-0.15, -0.1) is 11.6 Å². The van der Waals surface area contributed by atoms with Crippen LogP contribution in [0, 0.1) is 12.8 Å². The van der Waals surface area contributed by atoms with E-state index in [1.165, 1.54) is 25.7 Å². The second-order valence-electron chi connectivity index (χ2n) is 5.59. The molecule has 0 saturated heterocycles. The van der Waals surface area contributed by atoms with Gasteiger partial charge in [0.15, 0.2) is 5.65 Å². The Kier molecular flexibility index (Phi) is 3.52. The van der Waals surface area contributed by atoms with Crippen molar-refractivity contribution in [3.8, 4) is 0 Å². The van der Waals surface area contributed by atoms with Gasteiger partial charge in [0.2, 0.25) is 0 Å². The molecule has 0 amide bonds. The van der Waals surface area contributed by atoms with E-state index in [0.29, 0.717) is 5.88 Å². The molecule has 0 N–H and O–H groups in total. The van der Waals surface area contributed by atoms with E-state index >= 15 is 0 Å². The quantitative estimate of drug-likeness (QED) is 0.789. The standard InChI is InChI=1S/C14H21ClN4/c1-10-13-14(18(2)17-10)19(12(16-13)6-8-15)9-7-11-4-3-5-11/h11H,3-9H2,1-2H3. The van der Waals surface area contributed by atoms with E-state index in [0.717, 1.165) is 41.6 Å². The predicted octanol–water partition coefficient (Wildman–Crippen LogP) is 3.05. The summed E-state index contributed by atoms with van der Waals surface area (Å²) in [5, 5.41) is 4.47. The van der Waals surface area contributed by atoms with Crippen molar-refractivity contribution in [2.45, 2.75) is 45.6 Å². The molecular formula is C14H21ClN4. The fourth-order valence-electron chi connectivity index (χ4n) is 2.98. The highest BCUT2D eigenvalue weighted by molar-refractivity contribution is 6.17. The van der Waals surface area contributed by atoms with Gasteiger partial charge in [-0.2, -0.15) is 5.10 Å². The maximum absolute atomic E-state index is 5.91. The van der Waals surface area contributed by atoms with Crippen LogP contribution in [0.1, 0.15) is 37.2 Å². The van der Waals surface area contributed by atoms with Crippen molar-refractivity contribution >= 4 is 22.8 Å². The average Bonchev–Trinajstić information content (AvgIpc) is 2.79. The van der Waals surface area contributed by atoms with Crippen LogP contribution < -0.4 is 0 Å². The first-order valence-electron chi connectivity index (χ1n) is 7.15. The van der Waals surface area contributed by atoms with Gasteiger partial charge in [-0.3, -0.25) is 4.68 Å². The number of nitrogens with zero attached hydrogens (tertiary/aromatic N) is 4. The van der Waals surface area contributed by atoms with Gasteiger partial charge in [-0.1, -0.05) is 19.3 Å². The summed E-state index contributed by atoms with van der Waals surface area (Å²) in [6.07, 6.45) is 6.29. The number of halogens is 1. The van der Waals surface area contributed by atoms with Crippen molar-refractivity contribution in [1.82, 2.24) is 19.3 Å². The number of hydrogen-bond donors (Lipinski definition) is 0. The lowest BCUT2D eigenvalue weighted by atomic mass is 9.83. The highest BCUT2D eigenvalue weighted by Crippen LogP contribution is 2.30. The molecule has 0 aromatic carbocycles. The van der Waals surface area contributed by atoms with E-state index in [-0.39, 0.29) is 0 Å². The summed E-state index contributed by atoms with van der Waals surface area (Å²) in [6.45, 7) is 3.07. The summed E-state index contributed by atoms with van der Waals surface area (Å²) < 4.78 is 4.28. The van der Waals surface area contributed by atoms with Crippen molar-refractivity contribution in [3.05, 3.63) is 11.5 Å². The van der Waals surface area contributed by atoms with E-state index in [1.807, 2.05) is 18.7 Å². The number of imidazole rings is 1. The predicted molar refractivity (Wildman–Crippen MR) is 77.6 cm³/mol. The maximum Gasteiger partial charge on any atom is 0.158 e. The molecule has 1 saturated carbocycles. The van der Waals surface area contributed by atoms with Gasteiger partial charge >= 0.3 is 0 Å². The zero-order valence-corrected chi connectivity index (χ0v) is 12.4. The Labute approximate surface area is 118 Å². The molecule has 1 fully saturated rings. The Morgan fingerprint density at radius 1 is 1.37 bits per heavy atom. The van der Waals surface area contributed by atoms with Crippen molar-refractivity contribution < 1.29 is 0 Å². The second kappa shape index (κ2) is 5.16. The van der Waals surface area contributed by atoms with Crippen molar-refractivity contribution in [2.24, 2.45) is 13.0 Å². The number of hydrogen-bond acceptors (Lipinski definition) is 2. The van der Waals surface area contributed by atoms with Crippen molar-refractivity contribution in [3.63, 3.8) is 0 Å². The monoisotopic (exact) mass is 280 g/mol. The summed E-state index contributed by atoms with van der Waals surface area (Å²) in [4.78, 5) is 4.74. The first-order chi connectivity index (χ1) is 9.20. The zero-order chi connectivity index (χ0) is 13.4. The minimum atomic E-state index is 0.624. The highest BCUT2D eigenvalue weighted by Gasteiger charge is 2.20. The number of aromatic nitrogens is 4. The molecule has 19 heavy (non-hydrogen) atoms. The Balaban J connectivity index is 1.94. The molecule has 2 heterocycles. The summed E-state index contributed by atoms with van der Waals surface area (Å²) >= 11 is 5.91. The van der Waals surface area contributed by atoms with Gasteiger partial charge in [-0.25, -0.2) is 4.98 Å². The van der Waals surface area contributed by atoms with Crippen LogP contribution in [-0.4, -0.2) is 25.2 Å². The van der Waals surface area contributed by atoms with Crippen LogP contribution in [0.2, 0.25) is 0 Å². The summed E-state index contributed by atoms with van der Waals surface area (Å²) in [5.74, 6) is 2.65. The molecule has 0 radical (unpaired) electrons. The van der Waals surface area contributed by atoms with Crippen LogP contribution in [0.25, 0.3) is 11.2 Å². The lowest BCUT2D eigenvalue weighted by Crippen LogP contribution is -2.16. The van der Waals surface area contributed by atoms with Crippen molar-refractivity contribution in [1.29, 1.82) is 0 Å². The Morgan fingerprint density at radius 2 is 2.16 bits per heavy atom. The Hall–Kier alpha value is -1.03. The van der Waals surface area contributed by atoms with E-state index in [1.54, 1.807) is 0 Å². The zero-order valence-electron chi connectivity index (χ0n) is 11.7. The molecule has 1 aliphatic rings. The largest absolute Gasteiger partial charge is 0.313 e. The molecule has 4 nitrogen and oxygen atoms in total. The van der Waals surface area contributed by atoms with Crippen LogP contribution in [0.5, 0.6) is 0 Å². The summed E-state index contributed by atoms with van der Waals surface area (Å²) in [7, 11) is 2.00. The van der Waals surface area contributed by atoms with Gasteiger partial charge < -0.3 is 4.57 Å². The fraction of sp³-hybridized carbons (Fsp3) is 0.714. The molecule has 0 unspecified atom stereocenters. The lowest BCUT2D eigenvalue weighted by molar-refractivity contribution is 0.282. The third-order valence-corrected chi connectivity index (χ3v) is 4.46. The first kappa shape index (κ1) is 13.0. The summed E-state index contributed by atoms with van der Waals surface area (Å²) in [5.41, 5.74) is 3.20. The minimum Gasteiger partial charge on any atom is -0.313 e. The van der Waals surface area contributed by atoms with Gasteiger partial charge in [0, 0.05) is 25.9 Å². The second-order valence-corrected chi connectivity index (χ2v) is 5.96. The molecule has 0 atom stereocenters. The van der Waals surface area contributed by atoms with E-state index < -0.39 is 0 Å². The van der Waals surface area contributed by atoms with Crippen LogP contribution in [0.4, 0.5) is 0 Å². The molecule has 2 aromatic rings. The van der Waals surface area contributed by atoms with Gasteiger partial charge in [0.05, 0.1) is 5.69 Å². The number of rotatable bonds is 5. The SMILES string of the molecule is Cc1nn(C)c2c1nc(CCCl)n2CCC1CCC1. The topological polar surface area (TPSA) is 35.6 Å². The molecule has 0 bridgehead atoms. The van der Waals surface area contributed by atoms with Gasteiger partial charge in [0.1, 0.15) is 11.3 Å². The number of alkyl halides is 1. The van der Waals surface area contributed by atoms with E-state index in [4.69, 9.17) is 16.6 Å². The normalized spacial score (nSPS) is 16.2. The molecule has 0 spiro atoms. The molecule has 3 rings (SSSR count). The molecule has 1 aliphatic carbocycles. The average molecular weight is 281 g/mol. The van der Waals surface area contributed by atoms with Crippen LogP contribution in [-0.2, 0) is 20.0 Å². The van der Waals surface area contributed by atoms with Gasteiger partial charge in [-0.05, 0) is 19.3 Å². The number of fused-ring (bicyclic) bond motifs is 1. The molecule has 104 valence electrons. The molecular weight excluding hydrogens is 260 g/mol. The Bertz CT molecular complexity index is 580. The first-order valence-corrected chi connectivity index (χ1v) is 7.69. The molecule has 5 heteroatoms. The third kappa shape index (κ3) is 2.27. The molecule has 2 aromatic heterocycles. The van der Waals surface area contributed by atoms with Crippen LogP contribution >= 0.6 is 11.6 Å². The lowest BCUT2D eigenvalue weighted by Gasteiger charge is -2.25. The maximum atomic E-state index is 5.91. The summed E-state index contributed by atoms with van der Waals surface area (Å²) in [6, 6.07) is 0. The van der Waals surface area contributed by atoms with Crippen molar-refractivity contribution in [2.75, 3.05) is 5.88 Å². The van der Waals surface area contributed by atoms with Gasteiger partial charge in [0.25, 0.3) is 0 Å². The minimum absolute atomic E-state index is 0.624. The fourth-order valence-corrected chi connectivity index (χ4v) is 3.15. The third-order valence-electron chi connectivity index (χ3n) is 4.27. The van der Waals surface area contributed by atoms with Crippen LogP contribution in [0.3, 0.4) is 0 Å². The van der Waals surface area contributed by atoms with E-state index in [2.05, 4.69) is 9.67 Å². The smallest absolute Gasteiger partial charge is 0.158 e. The highest BCUT2D eigenvalue weighted by atomic mass is 35.5. The molecule has 0 aliphatic heterocycles.